The Bertz CT molecular complexity index is 449. The summed E-state index contributed by atoms with van der Waals surface area (Å²) in [5, 5.41) is 0. The van der Waals surface area contributed by atoms with Crippen molar-refractivity contribution in [3.05, 3.63) is 18.2 Å². The van der Waals surface area contributed by atoms with Crippen LogP contribution in [0.1, 0.15) is 142 Å². The van der Waals surface area contributed by atoms with E-state index in [1.165, 1.54) is 95.7 Å². The highest BCUT2D eigenvalue weighted by Gasteiger charge is 2.27. The van der Waals surface area contributed by atoms with E-state index in [4.69, 9.17) is 0 Å². The van der Waals surface area contributed by atoms with Gasteiger partial charge in [0, 0.05) is 0 Å². The minimum Gasteiger partial charge on any atom is -0.247 e. The van der Waals surface area contributed by atoms with Crippen LogP contribution in [0.15, 0.2) is 12.4 Å². The normalized spacial score (nSPS) is 14.0. The van der Waals surface area contributed by atoms with Crippen molar-refractivity contribution in [2.45, 2.75) is 136 Å². The first-order valence-corrected chi connectivity index (χ1v) is 12.2. The first-order valence-electron chi connectivity index (χ1n) is 12.2. The fraction of sp³-hybridized carbons (Fsp3) is 0.880. The Morgan fingerprint density at radius 1 is 0.741 bits per heavy atom. The van der Waals surface area contributed by atoms with Crippen molar-refractivity contribution >= 4 is 0 Å². The summed E-state index contributed by atoms with van der Waals surface area (Å²) in [6.07, 6.45) is 23.8. The summed E-state index contributed by atoms with van der Waals surface area (Å²) in [7, 11) is 0. The van der Waals surface area contributed by atoms with E-state index in [-0.39, 0.29) is 0 Å². The monoisotopic (exact) mass is 377 g/mol. The number of hydrogen-bond acceptors (Lipinski definition) is 0. The molecule has 158 valence electrons. The van der Waals surface area contributed by atoms with Crippen molar-refractivity contribution in [3.8, 4) is 0 Å². The lowest BCUT2D eigenvalue weighted by Crippen LogP contribution is -2.41. The third kappa shape index (κ3) is 9.81. The lowest BCUT2D eigenvalue weighted by Gasteiger charge is -2.20. The largest absolute Gasteiger partial charge is 0.257 e. The Morgan fingerprint density at radius 2 is 1.26 bits per heavy atom. The molecule has 2 heteroatoms. The fourth-order valence-electron chi connectivity index (χ4n) is 4.33. The van der Waals surface area contributed by atoms with Gasteiger partial charge >= 0.3 is 0 Å². The van der Waals surface area contributed by atoms with E-state index in [2.05, 4.69) is 56.6 Å². The number of imidazole rings is 1. The van der Waals surface area contributed by atoms with E-state index in [1.54, 1.807) is 0 Å². The third-order valence-corrected chi connectivity index (χ3v) is 6.22. The van der Waals surface area contributed by atoms with E-state index < -0.39 is 0 Å². The maximum absolute atomic E-state index is 3.60. The summed E-state index contributed by atoms with van der Waals surface area (Å²) in [4.78, 5) is 3.60. The summed E-state index contributed by atoms with van der Waals surface area (Å²) >= 11 is 0. The predicted octanol–water partition coefficient (Wildman–Crippen LogP) is 8.10. The number of hydrogen-bond donors (Lipinski definition) is 1. The van der Waals surface area contributed by atoms with Gasteiger partial charge in [-0.15, -0.1) is 0 Å². The minimum atomic E-state index is 0.613. The zero-order valence-corrected chi connectivity index (χ0v) is 19.2. The molecule has 1 aromatic rings. The second-order valence-electron chi connectivity index (χ2n) is 9.07. The number of H-pyrrole nitrogens is 1. The maximum Gasteiger partial charge on any atom is 0.257 e. The SMILES string of the molecule is CCCCCCCCCCCC(c1[nH]cc[n+]1C(C)CCCCC)C(C)C. The fourth-order valence-corrected chi connectivity index (χ4v) is 4.33. The van der Waals surface area contributed by atoms with Crippen LogP contribution in [0, 0.1) is 5.92 Å². The smallest absolute Gasteiger partial charge is 0.247 e. The Morgan fingerprint density at radius 3 is 1.85 bits per heavy atom. The molecule has 0 saturated carbocycles. The van der Waals surface area contributed by atoms with E-state index in [1.807, 2.05) is 0 Å². The average Bonchev–Trinajstić information content (AvgIpc) is 3.12. The van der Waals surface area contributed by atoms with Crippen molar-refractivity contribution in [1.82, 2.24) is 4.98 Å². The first-order chi connectivity index (χ1) is 13.1. The molecule has 1 heterocycles. The Hall–Kier alpha value is -0.790. The second-order valence-corrected chi connectivity index (χ2v) is 9.07. The molecule has 27 heavy (non-hydrogen) atoms. The van der Waals surface area contributed by atoms with Gasteiger partial charge < -0.3 is 0 Å². The molecule has 0 aromatic carbocycles. The second kappa shape index (κ2) is 15.2. The predicted molar refractivity (Wildman–Crippen MR) is 119 cm³/mol. The molecule has 1 N–H and O–H groups in total. The average molecular weight is 378 g/mol. The van der Waals surface area contributed by atoms with Crippen LogP contribution in [0.4, 0.5) is 0 Å². The van der Waals surface area contributed by atoms with Crippen molar-refractivity contribution in [2.75, 3.05) is 0 Å². The highest BCUT2D eigenvalue weighted by molar-refractivity contribution is 4.92. The van der Waals surface area contributed by atoms with Crippen LogP contribution in [-0.4, -0.2) is 4.98 Å². The Kier molecular flexibility index (Phi) is 13.6. The summed E-state index contributed by atoms with van der Waals surface area (Å²) in [6.45, 7) is 11.8. The number of rotatable bonds is 17. The van der Waals surface area contributed by atoms with Gasteiger partial charge in [0.2, 0.25) is 0 Å². The van der Waals surface area contributed by atoms with E-state index in [9.17, 15) is 0 Å². The van der Waals surface area contributed by atoms with Gasteiger partial charge in [-0.3, -0.25) is 0 Å². The Balaban J connectivity index is 2.40. The van der Waals surface area contributed by atoms with Crippen LogP contribution in [0.5, 0.6) is 0 Å². The molecule has 0 saturated heterocycles. The molecular weight excluding hydrogens is 328 g/mol. The lowest BCUT2D eigenvalue weighted by molar-refractivity contribution is -0.727. The third-order valence-electron chi connectivity index (χ3n) is 6.22. The van der Waals surface area contributed by atoms with Gasteiger partial charge in [0.15, 0.2) is 0 Å². The van der Waals surface area contributed by atoms with E-state index in [0.29, 0.717) is 17.9 Å². The molecule has 0 aliphatic rings. The molecule has 0 spiro atoms. The van der Waals surface area contributed by atoms with Gasteiger partial charge in [0.1, 0.15) is 12.4 Å². The summed E-state index contributed by atoms with van der Waals surface area (Å²) in [5.41, 5.74) is 0. The van der Waals surface area contributed by atoms with Crippen LogP contribution >= 0.6 is 0 Å². The van der Waals surface area contributed by atoms with Gasteiger partial charge in [-0.05, 0) is 32.1 Å². The van der Waals surface area contributed by atoms with E-state index in [0.717, 1.165) is 0 Å². The molecule has 2 atom stereocenters. The summed E-state index contributed by atoms with van der Waals surface area (Å²) in [6, 6.07) is 0.613. The van der Waals surface area contributed by atoms with Gasteiger partial charge in [-0.25, -0.2) is 9.55 Å². The molecule has 1 rings (SSSR count). The van der Waals surface area contributed by atoms with Crippen LogP contribution in [0.25, 0.3) is 0 Å². The van der Waals surface area contributed by atoms with Crippen molar-refractivity contribution < 1.29 is 4.57 Å². The zero-order valence-electron chi connectivity index (χ0n) is 19.2. The molecule has 0 fully saturated rings. The van der Waals surface area contributed by atoms with Crippen LogP contribution in [0.2, 0.25) is 0 Å². The molecule has 2 unspecified atom stereocenters. The molecule has 0 radical (unpaired) electrons. The quantitative estimate of drug-likeness (QED) is 0.209. The molecule has 0 amide bonds. The molecule has 2 nitrogen and oxygen atoms in total. The molecule has 0 bridgehead atoms. The Labute approximate surface area is 170 Å². The first kappa shape index (κ1) is 24.2. The number of nitrogens with one attached hydrogen (secondary N) is 1. The minimum absolute atomic E-state index is 0.613. The molecular formula is C25H49N2+. The van der Waals surface area contributed by atoms with Crippen LogP contribution in [0.3, 0.4) is 0 Å². The zero-order chi connectivity index (χ0) is 19.9. The number of aromatic nitrogens is 2. The molecule has 0 aliphatic heterocycles. The number of nitrogens with zero attached hydrogens (tertiary/aromatic N) is 1. The van der Waals surface area contributed by atoms with E-state index >= 15 is 0 Å². The van der Waals surface area contributed by atoms with Crippen molar-refractivity contribution in [3.63, 3.8) is 0 Å². The highest BCUT2D eigenvalue weighted by atomic mass is 15.1. The topological polar surface area (TPSA) is 19.7 Å². The molecule has 1 aromatic heterocycles. The molecule has 0 aliphatic carbocycles. The highest BCUT2D eigenvalue weighted by Crippen LogP contribution is 2.28. The van der Waals surface area contributed by atoms with Crippen molar-refractivity contribution in [1.29, 1.82) is 0 Å². The van der Waals surface area contributed by atoms with Gasteiger partial charge in [0.25, 0.3) is 5.82 Å². The van der Waals surface area contributed by atoms with Gasteiger partial charge in [-0.2, -0.15) is 0 Å². The number of unbranched alkanes of at least 4 members (excludes halogenated alkanes) is 10. The van der Waals surface area contributed by atoms with Gasteiger partial charge in [-0.1, -0.05) is 98.3 Å². The standard InChI is InChI=1S/C25H48N2/c1-6-8-10-11-12-13-14-15-17-19-24(22(3)4)25-26-20-21-27(25)23(5)18-16-9-7-2/h20-24H,6-19H2,1-5H3/p+1. The van der Waals surface area contributed by atoms with Crippen molar-refractivity contribution in [2.24, 2.45) is 5.92 Å². The van der Waals surface area contributed by atoms with Crippen LogP contribution in [-0.2, 0) is 0 Å². The number of aromatic amines is 1. The summed E-state index contributed by atoms with van der Waals surface area (Å²) < 4.78 is 2.54. The maximum atomic E-state index is 3.60. The lowest BCUT2D eigenvalue weighted by atomic mass is 9.89. The van der Waals surface area contributed by atoms with Gasteiger partial charge in [0.05, 0.1) is 12.0 Å². The van der Waals surface area contributed by atoms with Crippen LogP contribution < -0.4 is 4.57 Å². The summed E-state index contributed by atoms with van der Waals surface area (Å²) in [5.74, 6) is 2.83.